The van der Waals surface area contributed by atoms with Crippen molar-refractivity contribution in [2.75, 3.05) is 5.75 Å². The highest BCUT2D eigenvalue weighted by molar-refractivity contribution is 7.80. The van der Waals surface area contributed by atoms with Gasteiger partial charge < -0.3 is 42.7 Å². The molecule has 1 aromatic carbocycles. The summed E-state index contributed by atoms with van der Waals surface area (Å²) in [6, 6.07) is 0.0569. The first-order valence-corrected chi connectivity index (χ1v) is 11.3. The first-order valence-electron chi connectivity index (χ1n) is 10.6. The summed E-state index contributed by atoms with van der Waals surface area (Å²) in [5.74, 6) is -6.64. The van der Waals surface area contributed by atoms with Crippen molar-refractivity contribution in [1.29, 1.82) is 0 Å². The van der Waals surface area contributed by atoms with Crippen molar-refractivity contribution < 1.29 is 44.1 Å². The lowest BCUT2D eigenvalue weighted by atomic mass is 10.0. The van der Waals surface area contributed by atoms with E-state index < -0.39 is 66.2 Å². The summed E-state index contributed by atoms with van der Waals surface area (Å²) in [6.07, 6.45) is -1.40. The van der Waals surface area contributed by atoms with Crippen LogP contribution in [0.1, 0.15) is 24.8 Å². The first-order chi connectivity index (χ1) is 16.8. The van der Waals surface area contributed by atoms with Gasteiger partial charge in [0.1, 0.15) is 23.9 Å². The van der Waals surface area contributed by atoms with Crippen molar-refractivity contribution in [2.45, 2.75) is 49.9 Å². The molecule has 0 radical (unpaired) electrons. The lowest BCUT2D eigenvalue weighted by molar-refractivity contribution is -0.142. The van der Waals surface area contributed by atoms with Crippen LogP contribution in [0.25, 0.3) is 0 Å². The molecule has 0 spiro atoms. The molecule has 0 saturated carbocycles. The van der Waals surface area contributed by atoms with Crippen molar-refractivity contribution in [3.05, 3.63) is 29.8 Å². The number of rotatable bonds is 15. The van der Waals surface area contributed by atoms with E-state index in [9.17, 15) is 33.9 Å². The largest absolute Gasteiger partial charge is 0.508 e. The highest BCUT2D eigenvalue weighted by atomic mass is 32.1. The zero-order chi connectivity index (χ0) is 27.4. The number of phenols is 1. The molecule has 0 aliphatic carbocycles. The zero-order valence-electron chi connectivity index (χ0n) is 19.0. The number of benzene rings is 1. The molecule has 0 bridgehead atoms. The molecule has 4 amide bonds. The van der Waals surface area contributed by atoms with E-state index in [4.69, 9.17) is 21.7 Å². The fourth-order valence-electron chi connectivity index (χ4n) is 2.91. The van der Waals surface area contributed by atoms with E-state index >= 15 is 0 Å². The molecule has 14 nitrogen and oxygen atoms in total. The highest BCUT2D eigenvalue weighted by Crippen LogP contribution is 2.12. The highest BCUT2D eigenvalue weighted by Gasteiger charge is 2.31. The van der Waals surface area contributed by atoms with Crippen molar-refractivity contribution >= 4 is 48.2 Å². The van der Waals surface area contributed by atoms with Gasteiger partial charge in [-0.3, -0.25) is 24.0 Å². The smallest absolute Gasteiger partial charge is 0.327 e. The van der Waals surface area contributed by atoms with Gasteiger partial charge in [-0.25, -0.2) is 4.79 Å². The summed E-state index contributed by atoms with van der Waals surface area (Å²) in [4.78, 5) is 71.5. The van der Waals surface area contributed by atoms with Crippen LogP contribution in [-0.4, -0.2) is 80.8 Å². The predicted octanol–water partition coefficient (Wildman–Crippen LogP) is -2.53. The molecule has 36 heavy (non-hydrogen) atoms. The van der Waals surface area contributed by atoms with Crippen LogP contribution in [0.3, 0.4) is 0 Å². The minimum absolute atomic E-state index is 0.0464. The Morgan fingerprint density at radius 2 is 1.39 bits per heavy atom. The van der Waals surface area contributed by atoms with Crippen LogP contribution < -0.4 is 27.4 Å². The van der Waals surface area contributed by atoms with Gasteiger partial charge in [-0.1, -0.05) is 12.1 Å². The number of carboxylic acids is 2. The van der Waals surface area contributed by atoms with Crippen LogP contribution in [0.5, 0.6) is 5.75 Å². The summed E-state index contributed by atoms with van der Waals surface area (Å²) >= 11 is 3.83. The molecule has 0 aromatic heterocycles. The average molecular weight is 528 g/mol. The van der Waals surface area contributed by atoms with E-state index in [1.807, 2.05) is 0 Å². The number of amides is 4. The second kappa shape index (κ2) is 14.5. The van der Waals surface area contributed by atoms with Crippen LogP contribution in [0.2, 0.25) is 0 Å². The number of primary amides is 1. The summed E-state index contributed by atoms with van der Waals surface area (Å²) < 4.78 is 0. The Balaban J connectivity index is 3.11. The normalized spacial score (nSPS) is 13.9. The number of nitrogens with two attached hydrogens (primary N) is 2. The van der Waals surface area contributed by atoms with Crippen molar-refractivity contribution in [2.24, 2.45) is 11.5 Å². The van der Waals surface area contributed by atoms with Gasteiger partial charge in [-0.15, -0.1) is 0 Å². The monoisotopic (exact) mass is 527 g/mol. The van der Waals surface area contributed by atoms with E-state index in [0.29, 0.717) is 5.56 Å². The van der Waals surface area contributed by atoms with Crippen molar-refractivity contribution in [3.8, 4) is 5.75 Å². The van der Waals surface area contributed by atoms with Crippen molar-refractivity contribution in [1.82, 2.24) is 16.0 Å². The topological polar surface area (TPSA) is 251 Å². The number of hydrogen-bond donors (Lipinski definition) is 9. The maximum atomic E-state index is 13.1. The first kappa shape index (κ1) is 30.2. The molecule has 4 unspecified atom stereocenters. The number of phenolic OH excluding ortho intramolecular Hbond substituents is 1. The van der Waals surface area contributed by atoms with Gasteiger partial charge in [0.25, 0.3) is 0 Å². The van der Waals surface area contributed by atoms with Gasteiger partial charge in [-0.05, 0) is 24.1 Å². The number of aliphatic carboxylic acids is 2. The lowest BCUT2D eigenvalue weighted by Gasteiger charge is -2.24. The second-order valence-corrected chi connectivity index (χ2v) is 8.15. The number of hydrogen-bond acceptors (Lipinski definition) is 9. The minimum Gasteiger partial charge on any atom is -0.508 e. The van der Waals surface area contributed by atoms with Gasteiger partial charge in [0.15, 0.2) is 0 Å². The zero-order valence-corrected chi connectivity index (χ0v) is 19.9. The molecular formula is C21H29N5O9S. The van der Waals surface area contributed by atoms with Crippen LogP contribution in [-0.2, 0) is 35.2 Å². The van der Waals surface area contributed by atoms with Gasteiger partial charge in [0.05, 0.1) is 12.5 Å². The third kappa shape index (κ3) is 10.6. The van der Waals surface area contributed by atoms with Crippen molar-refractivity contribution in [3.63, 3.8) is 0 Å². The molecule has 198 valence electrons. The standard InChI is InChI=1S/C21H29N5O9S/c22-12(5-6-17(29)30)18(31)24-13(7-10-1-3-11(27)4-2-10)19(32)25-14(8-16(23)28)20(33)26-15(9-36)21(34)35/h1-4,12-15,27,36H,5-9,22H2,(H2,23,28)(H,24,31)(H,25,32)(H,26,33)(H,29,30)(H,34,35). The Bertz CT molecular complexity index is 973. The van der Waals surface area contributed by atoms with Crippen LogP contribution in [0.4, 0.5) is 0 Å². The van der Waals surface area contributed by atoms with E-state index in [1.54, 1.807) is 0 Å². The Hall–Kier alpha value is -3.85. The number of carbonyl (C=O) groups excluding carboxylic acids is 4. The van der Waals surface area contributed by atoms with E-state index in [0.717, 1.165) is 0 Å². The van der Waals surface area contributed by atoms with E-state index in [-0.39, 0.29) is 30.8 Å². The third-order valence-corrected chi connectivity index (χ3v) is 5.22. The second-order valence-electron chi connectivity index (χ2n) is 7.78. The summed E-state index contributed by atoms with van der Waals surface area (Å²) in [5.41, 5.74) is 11.4. The predicted molar refractivity (Wildman–Crippen MR) is 128 cm³/mol. The van der Waals surface area contributed by atoms with Gasteiger partial charge in [0, 0.05) is 18.6 Å². The summed E-state index contributed by atoms with van der Waals surface area (Å²) in [7, 11) is 0. The Morgan fingerprint density at radius 3 is 1.89 bits per heavy atom. The molecule has 0 aliphatic heterocycles. The lowest BCUT2D eigenvalue weighted by Crippen LogP contribution is -2.58. The van der Waals surface area contributed by atoms with Crippen LogP contribution in [0.15, 0.2) is 24.3 Å². The molecule has 10 N–H and O–H groups in total. The fourth-order valence-corrected chi connectivity index (χ4v) is 3.15. The Kier molecular flexibility index (Phi) is 12.2. The van der Waals surface area contributed by atoms with Crippen LogP contribution in [0, 0.1) is 0 Å². The average Bonchev–Trinajstić information content (AvgIpc) is 2.80. The number of thiol groups is 1. The molecule has 0 fully saturated rings. The maximum absolute atomic E-state index is 13.1. The van der Waals surface area contributed by atoms with E-state index in [1.165, 1.54) is 24.3 Å². The molecule has 0 saturated heterocycles. The van der Waals surface area contributed by atoms with Crippen LogP contribution >= 0.6 is 12.6 Å². The molecule has 0 aliphatic rings. The van der Waals surface area contributed by atoms with E-state index in [2.05, 4.69) is 28.6 Å². The number of aromatic hydroxyl groups is 1. The van der Waals surface area contributed by atoms with Gasteiger partial charge in [-0.2, -0.15) is 12.6 Å². The summed E-state index contributed by atoms with van der Waals surface area (Å²) in [5, 5.41) is 34.2. The third-order valence-electron chi connectivity index (χ3n) is 4.85. The molecular weight excluding hydrogens is 498 g/mol. The molecule has 0 heterocycles. The van der Waals surface area contributed by atoms with Gasteiger partial charge in [0.2, 0.25) is 23.6 Å². The molecule has 1 aromatic rings. The SMILES string of the molecule is NC(=O)CC(NC(=O)C(Cc1ccc(O)cc1)NC(=O)C(N)CCC(=O)O)C(=O)NC(CS)C(=O)O. The Morgan fingerprint density at radius 1 is 0.861 bits per heavy atom. The molecule has 1 rings (SSSR count). The fraction of sp³-hybridized carbons (Fsp3) is 0.429. The molecule has 15 heteroatoms. The quantitative estimate of drug-likeness (QED) is 0.108. The number of carbonyl (C=O) groups is 6. The molecule has 4 atom stereocenters. The summed E-state index contributed by atoms with van der Waals surface area (Å²) in [6.45, 7) is 0. The van der Waals surface area contributed by atoms with Gasteiger partial charge >= 0.3 is 11.9 Å². The maximum Gasteiger partial charge on any atom is 0.327 e. The number of nitrogens with one attached hydrogen (secondary N) is 3. The minimum atomic E-state index is -1.57. The Labute approximate surface area is 211 Å². The number of carboxylic acid groups (broad SMARTS) is 2.